The summed E-state index contributed by atoms with van der Waals surface area (Å²) in [6.07, 6.45) is 4.03. The molecule has 2 fully saturated rings. The predicted octanol–water partition coefficient (Wildman–Crippen LogP) is 4.41. The summed E-state index contributed by atoms with van der Waals surface area (Å²) < 4.78 is 11.4. The lowest BCUT2D eigenvalue weighted by molar-refractivity contribution is -0.125. The van der Waals surface area contributed by atoms with Crippen LogP contribution in [0.3, 0.4) is 0 Å². The van der Waals surface area contributed by atoms with Crippen LogP contribution in [0.1, 0.15) is 24.8 Å². The Morgan fingerprint density at radius 1 is 1.03 bits per heavy atom. The molecule has 5 rings (SSSR count). The van der Waals surface area contributed by atoms with Crippen molar-refractivity contribution in [3.63, 3.8) is 0 Å². The summed E-state index contributed by atoms with van der Waals surface area (Å²) in [6, 6.07) is 11.7. The second-order valence-corrected chi connectivity index (χ2v) is 10.3. The van der Waals surface area contributed by atoms with Gasteiger partial charge in [-0.1, -0.05) is 29.3 Å². The van der Waals surface area contributed by atoms with Crippen molar-refractivity contribution in [1.29, 1.82) is 0 Å². The average Bonchev–Trinajstić information content (AvgIpc) is 3.51. The van der Waals surface area contributed by atoms with E-state index in [-0.39, 0.29) is 17.9 Å². The Kier molecular flexibility index (Phi) is 7.37. The fourth-order valence-electron chi connectivity index (χ4n) is 5.19. The van der Waals surface area contributed by atoms with Crippen LogP contribution in [-0.4, -0.2) is 62.8 Å². The van der Waals surface area contributed by atoms with Gasteiger partial charge in [0.1, 0.15) is 13.2 Å². The largest absolute Gasteiger partial charge is 0.486 e. The molecule has 2 aromatic rings. The van der Waals surface area contributed by atoms with Crippen LogP contribution in [0, 0.1) is 5.92 Å². The quantitative estimate of drug-likeness (QED) is 0.606. The molecule has 0 radical (unpaired) electrons. The maximum absolute atomic E-state index is 13.3. The molecule has 2 aromatic carbocycles. The van der Waals surface area contributed by atoms with E-state index < -0.39 is 0 Å². The molecule has 0 aliphatic carbocycles. The summed E-state index contributed by atoms with van der Waals surface area (Å²) in [5, 5.41) is 4.62. The van der Waals surface area contributed by atoms with Crippen molar-refractivity contribution < 1.29 is 14.3 Å². The number of likely N-dealkylation sites (tertiary alicyclic amines) is 1. The van der Waals surface area contributed by atoms with Crippen molar-refractivity contribution in [2.45, 2.75) is 31.7 Å². The minimum absolute atomic E-state index is 0.0429. The van der Waals surface area contributed by atoms with Gasteiger partial charge in [-0.05, 0) is 74.7 Å². The van der Waals surface area contributed by atoms with Crippen molar-refractivity contribution >= 4 is 34.8 Å². The number of nitrogens with one attached hydrogen (secondary N) is 1. The lowest BCUT2D eigenvalue weighted by Gasteiger charge is -2.27. The van der Waals surface area contributed by atoms with Crippen LogP contribution < -0.4 is 19.7 Å². The smallest absolute Gasteiger partial charge is 0.225 e. The highest BCUT2D eigenvalue weighted by molar-refractivity contribution is 6.36. The second kappa shape index (κ2) is 10.6. The lowest BCUT2D eigenvalue weighted by atomic mass is 10.0. The Morgan fingerprint density at radius 3 is 2.62 bits per heavy atom. The minimum atomic E-state index is -0.0620. The topological polar surface area (TPSA) is 54.0 Å². The first-order valence-corrected chi connectivity index (χ1v) is 12.9. The van der Waals surface area contributed by atoms with Crippen LogP contribution in [0.25, 0.3) is 0 Å². The Morgan fingerprint density at radius 2 is 1.82 bits per heavy atom. The number of fused-ring (bicyclic) bond motifs is 1. The summed E-state index contributed by atoms with van der Waals surface area (Å²) >= 11 is 12.5. The van der Waals surface area contributed by atoms with E-state index in [1.807, 2.05) is 18.2 Å². The van der Waals surface area contributed by atoms with Crippen LogP contribution in [0.15, 0.2) is 36.4 Å². The number of hydrogen-bond donors (Lipinski definition) is 1. The summed E-state index contributed by atoms with van der Waals surface area (Å²) in [5.41, 5.74) is 2.08. The zero-order valence-electron chi connectivity index (χ0n) is 19.3. The number of carbonyl (C=O) groups excluding carboxylic acids is 1. The monoisotopic (exact) mass is 503 g/mol. The number of amides is 1. The highest BCUT2D eigenvalue weighted by Gasteiger charge is 2.31. The number of halogens is 2. The lowest BCUT2D eigenvalue weighted by Crippen LogP contribution is -2.46. The maximum atomic E-state index is 13.3. The minimum Gasteiger partial charge on any atom is -0.486 e. The van der Waals surface area contributed by atoms with Gasteiger partial charge in [0.15, 0.2) is 11.5 Å². The van der Waals surface area contributed by atoms with Gasteiger partial charge in [0, 0.05) is 30.7 Å². The van der Waals surface area contributed by atoms with Crippen LogP contribution in [0.4, 0.5) is 5.69 Å². The number of nitrogens with zero attached hydrogens (tertiary/aromatic N) is 2. The highest BCUT2D eigenvalue weighted by Crippen LogP contribution is 2.33. The molecule has 182 valence electrons. The van der Waals surface area contributed by atoms with Gasteiger partial charge in [-0.25, -0.2) is 0 Å². The van der Waals surface area contributed by atoms with E-state index >= 15 is 0 Å². The fourth-order valence-corrected chi connectivity index (χ4v) is 5.72. The van der Waals surface area contributed by atoms with E-state index in [2.05, 4.69) is 27.2 Å². The van der Waals surface area contributed by atoms with Crippen LogP contribution in [-0.2, 0) is 11.2 Å². The molecular formula is C26H31Cl2N3O3. The van der Waals surface area contributed by atoms with Gasteiger partial charge in [0.05, 0.1) is 16.6 Å². The van der Waals surface area contributed by atoms with E-state index in [9.17, 15) is 4.79 Å². The van der Waals surface area contributed by atoms with E-state index in [1.54, 1.807) is 6.07 Å². The van der Waals surface area contributed by atoms with Gasteiger partial charge >= 0.3 is 0 Å². The molecule has 1 amide bonds. The molecule has 0 spiro atoms. The van der Waals surface area contributed by atoms with Crippen molar-refractivity contribution in [1.82, 2.24) is 10.2 Å². The fraction of sp³-hybridized carbons (Fsp3) is 0.500. The van der Waals surface area contributed by atoms with E-state index in [4.69, 9.17) is 32.7 Å². The Hall–Kier alpha value is -2.15. The molecule has 2 saturated heterocycles. The molecule has 1 N–H and O–H groups in total. The molecule has 3 aliphatic rings. The molecule has 6 nitrogen and oxygen atoms in total. The average molecular weight is 504 g/mol. The van der Waals surface area contributed by atoms with Gasteiger partial charge in [0.25, 0.3) is 0 Å². The molecule has 34 heavy (non-hydrogen) atoms. The third kappa shape index (κ3) is 5.56. The normalized spacial score (nSPS) is 21.0. The molecule has 1 unspecified atom stereocenters. The SMILES string of the molecule is O=C(NC(Cc1ccc2c(c1)OCCO2)CN1CCCC1)[C@H]1CCN(c2ccc(Cl)cc2Cl)C1. The van der Waals surface area contributed by atoms with Gasteiger partial charge in [-0.15, -0.1) is 0 Å². The summed E-state index contributed by atoms with van der Waals surface area (Å²) in [6.45, 7) is 5.67. The summed E-state index contributed by atoms with van der Waals surface area (Å²) in [7, 11) is 0. The standard InChI is InChI=1S/C26H31Cl2N3O3/c27-20-4-5-23(22(28)15-20)31-10-7-19(16-31)26(32)29-21(17-30-8-1-2-9-30)13-18-3-6-24-25(14-18)34-12-11-33-24/h3-6,14-15,19,21H,1-2,7-13,16-17H2,(H,29,32)/t19-,21?/m0/s1. The first-order chi connectivity index (χ1) is 16.5. The number of rotatable bonds is 7. The molecule has 3 heterocycles. The van der Waals surface area contributed by atoms with Crippen molar-refractivity contribution in [3.8, 4) is 11.5 Å². The Bertz CT molecular complexity index is 1030. The van der Waals surface area contributed by atoms with Crippen LogP contribution in [0.2, 0.25) is 10.0 Å². The van der Waals surface area contributed by atoms with E-state index in [1.165, 1.54) is 12.8 Å². The number of benzene rings is 2. The van der Waals surface area contributed by atoms with Crippen molar-refractivity contribution in [2.75, 3.05) is 50.8 Å². The zero-order valence-corrected chi connectivity index (χ0v) is 20.8. The molecule has 0 bridgehead atoms. The molecule has 0 saturated carbocycles. The Labute approximate surface area is 211 Å². The van der Waals surface area contributed by atoms with Crippen LogP contribution >= 0.6 is 23.2 Å². The molecule has 0 aromatic heterocycles. The first kappa shape index (κ1) is 23.6. The molecular weight excluding hydrogens is 473 g/mol. The highest BCUT2D eigenvalue weighted by atomic mass is 35.5. The van der Waals surface area contributed by atoms with E-state index in [0.29, 0.717) is 29.8 Å². The van der Waals surface area contributed by atoms with Crippen molar-refractivity contribution in [2.24, 2.45) is 5.92 Å². The predicted molar refractivity (Wildman–Crippen MR) is 136 cm³/mol. The van der Waals surface area contributed by atoms with Crippen LogP contribution in [0.5, 0.6) is 11.5 Å². The third-order valence-electron chi connectivity index (χ3n) is 6.92. The molecule has 3 aliphatic heterocycles. The molecule has 2 atom stereocenters. The number of ether oxygens (including phenoxy) is 2. The number of carbonyl (C=O) groups is 1. The Balaban J connectivity index is 1.25. The van der Waals surface area contributed by atoms with Crippen molar-refractivity contribution in [3.05, 3.63) is 52.0 Å². The second-order valence-electron chi connectivity index (χ2n) is 9.42. The summed E-state index contributed by atoms with van der Waals surface area (Å²) in [5.74, 6) is 1.64. The maximum Gasteiger partial charge on any atom is 0.225 e. The van der Waals surface area contributed by atoms with Gasteiger partial charge in [-0.2, -0.15) is 0 Å². The van der Waals surface area contributed by atoms with Gasteiger partial charge < -0.3 is 24.6 Å². The first-order valence-electron chi connectivity index (χ1n) is 12.2. The third-order valence-corrected chi connectivity index (χ3v) is 7.46. The van der Waals surface area contributed by atoms with Gasteiger partial charge in [0.2, 0.25) is 5.91 Å². The van der Waals surface area contributed by atoms with E-state index in [0.717, 1.165) is 61.8 Å². The zero-order chi connectivity index (χ0) is 23.5. The van der Waals surface area contributed by atoms with Gasteiger partial charge in [-0.3, -0.25) is 4.79 Å². The summed E-state index contributed by atoms with van der Waals surface area (Å²) in [4.78, 5) is 17.9. The number of anilines is 1. The number of hydrogen-bond acceptors (Lipinski definition) is 5. The molecule has 8 heteroatoms.